The summed E-state index contributed by atoms with van der Waals surface area (Å²) < 4.78 is 11.7. The highest BCUT2D eigenvalue weighted by Gasteiger charge is 2.21. The summed E-state index contributed by atoms with van der Waals surface area (Å²) >= 11 is 0. The van der Waals surface area contributed by atoms with Gasteiger partial charge in [0.2, 0.25) is 0 Å². The van der Waals surface area contributed by atoms with Gasteiger partial charge in [-0.25, -0.2) is 9.59 Å². The van der Waals surface area contributed by atoms with Gasteiger partial charge in [-0.3, -0.25) is 0 Å². The van der Waals surface area contributed by atoms with Crippen molar-refractivity contribution >= 4 is 22.7 Å². The molecule has 0 radical (unpaired) electrons. The Morgan fingerprint density at radius 1 is 0.933 bits per heavy atom. The van der Waals surface area contributed by atoms with Crippen LogP contribution in [-0.4, -0.2) is 66.5 Å². The second-order valence-corrected chi connectivity index (χ2v) is 7.75. The van der Waals surface area contributed by atoms with Crippen LogP contribution in [0.4, 0.5) is 0 Å². The number of likely N-dealkylation sites (tertiary alicyclic amines) is 1. The van der Waals surface area contributed by atoms with E-state index in [4.69, 9.17) is 29.3 Å². The van der Waals surface area contributed by atoms with E-state index in [0.717, 1.165) is 36.1 Å². The molecule has 1 heterocycles. The first-order valence-corrected chi connectivity index (χ1v) is 10.2. The summed E-state index contributed by atoms with van der Waals surface area (Å²) in [6.45, 7) is 10.2. The number of fused-ring (bicyclic) bond motifs is 1. The molecule has 3 rings (SSSR count). The van der Waals surface area contributed by atoms with Crippen molar-refractivity contribution in [1.29, 1.82) is 0 Å². The van der Waals surface area contributed by atoms with Crippen molar-refractivity contribution in [3.05, 3.63) is 42.5 Å². The maximum Gasteiger partial charge on any atom is 0.414 e. The molecular formula is C23H31NO6. The van der Waals surface area contributed by atoms with Gasteiger partial charge in [-0.15, -0.1) is 0 Å². The molecular weight excluding hydrogens is 386 g/mol. The SMILES string of the molecule is CC1CC(C)CN(CCOCCOc2cccc3ccccc23)C1.O=C(O)C(=O)O. The minimum absolute atomic E-state index is 0.598. The molecule has 1 aliphatic rings. The summed E-state index contributed by atoms with van der Waals surface area (Å²) in [6.07, 6.45) is 1.36. The van der Waals surface area contributed by atoms with Gasteiger partial charge in [0, 0.05) is 25.0 Å². The van der Waals surface area contributed by atoms with E-state index in [2.05, 4.69) is 43.0 Å². The third kappa shape index (κ3) is 8.00. The zero-order chi connectivity index (χ0) is 21.9. The highest BCUT2D eigenvalue weighted by Crippen LogP contribution is 2.25. The van der Waals surface area contributed by atoms with Crippen LogP contribution in [-0.2, 0) is 14.3 Å². The van der Waals surface area contributed by atoms with Crippen molar-refractivity contribution in [1.82, 2.24) is 4.90 Å². The van der Waals surface area contributed by atoms with Crippen LogP contribution < -0.4 is 4.74 Å². The van der Waals surface area contributed by atoms with Crippen LogP contribution in [0.2, 0.25) is 0 Å². The second kappa shape index (κ2) is 12.1. The van der Waals surface area contributed by atoms with Crippen molar-refractivity contribution in [3.8, 4) is 5.75 Å². The van der Waals surface area contributed by atoms with Crippen LogP contribution in [0, 0.1) is 11.8 Å². The molecule has 2 N–H and O–H groups in total. The predicted molar refractivity (Wildman–Crippen MR) is 115 cm³/mol. The van der Waals surface area contributed by atoms with Gasteiger partial charge in [0.1, 0.15) is 12.4 Å². The van der Waals surface area contributed by atoms with Gasteiger partial charge in [-0.2, -0.15) is 0 Å². The minimum Gasteiger partial charge on any atom is -0.491 e. The number of hydrogen-bond donors (Lipinski definition) is 2. The van der Waals surface area contributed by atoms with Crippen molar-refractivity contribution in [2.45, 2.75) is 20.3 Å². The third-order valence-electron chi connectivity index (χ3n) is 4.91. The fourth-order valence-electron chi connectivity index (χ4n) is 3.80. The van der Waals surface area contributed by atoms with Crippen molar-refractivity contribution in [2.75, 3.05) is 39.5 Å². The van der Waals surface area contributed by atoms with Crippen LogP contribution in [0.25, 0.3) is 10.8 Å². The largest absolute Gasteiger partial charge is 0.491 e. The number of carboxylic acid groups (broad SMARTS) is 2. The Kier molecular flexibility index (Phi) is 9.57. The van der Waals surface area contributed by atoms with Crippen LogP contribution in [0.3, 0.4) is 0 Å². The molecule has 0 amide bonds. The Balaban J connectivity index is 0.000000469. The van der Waals surface area contributed by atoms with E-state index in [1.807, 2.05) is 18.2 Å². The zero-order valence-corrected chi connectivity index (χ0v) is 17.6. The average molecular weight is 418 g/mol. The molecule has 7 nitrogen and oxygen atoms in total. The number of carboxylic acids is 2. The fraction of sp³-hybridized carbons (Fsp3) is 0.478. The molecule has 2 aromatic rings. The molecule has 1 fully saturated rings. The molecule has 2 unspecified atom stereocenters. The Hall–Kier alpha value is -2.64. The normalized spacial score (nSPS) is 19.0. The smallest absolute Gasteiger partial charge is 0.414 e. The van der Waals surface area contributed by atoms with Gasteiger partial charge in [0.25, 0.3) is 0 Å². The number of carbonyl (C=O) groups is 2. The quantitative estimate of drug-likeness (QED) is 0.527. The highest BCUT2D eigenvalue weighted by atomic mass is 16.5. The van der Waals surface area contributed by atoms with Crippen LogP contribution in [0.1, 0.15) is 20.3 Å². The molecule has 0 aromatic heterocycles. The van der Waals surface area contributed by atoms with E-state index >= 15 is 0 Å². The lowest BCUT2D eigenvalue weighted by Crippen LogP contribution is -2.40. The maximum atomic E-state index is 9.10. The lowest BCUT2D eigenvalue weighted by Gasteiger charge is -2.34. The minimum atomic E-state index is -1.82. The molecule has 0 saturated carbocycles. The van der Waals surface area contributed by atoms with Gasteiger partial charge < -0.3 is 24.6 Å². The number of hydrogen-bond acceptors (Lipinski definition) is 5. The summed E-state index contributed by atoms with van der Waals surface area (Å²) in [7, 11) is 0. The first-order chi connectivity index (χ1) is 14.4. The monoisotopic (exact) mass is 417 g/mol. The molecule has 2 aromatic carbocycles. The molecule has 2 atom stereocenters. The lowest BCUT2D eigenvalue weighted by molar-refractivity contribution is -0.159. The average Bonchev–Trinajstić information content (AvgIpc) is 2.70. The third-order valence-corrected chi connectivity index (χ3v) is 4.91. The summed E-state index contributed by atoms with van der Waals surface area (Å²) in [4.78, 5) is 20.7. The standard InChI is InChI=1S/C21H29NO2.C2H2O4/c1-17-14-18(2)16-22(15-17)10-11-23-12-13-24-21-9-5-7-19-6-3-4-8-20(19)21;3-1(4)2(5)6/h3-9,17-18H,10-16H2,1-2H3;(H,3,4)(H,5,6). The maximum absolute atomic E-state index is 9.10. The Morgan fingerprint density at radius 2 is 1.57 bits per heavy atom. The Bertz CT molecular complexity index is 797. The summed E-state index contributed by atoms with van der Waals surface area (Å²) in [6, 6.07) is 14.5. The lowest BCUT2D eigenvalue weighted by atomic mass is 9.92. The summed E-state index contributed by atoms with van der Waals surface area (Å²) in [5.74, 6) is -1.09. The Labute approximate surface area is 177 Å². The summed E-state index contributed by atoms with van der Waals surface area (Å²) in [5, 5.41) is 17.2. The summed E-state index contributed by atoms with van der Waals surface area (Å²) in [5.41, 5.74) is 0. The van der Waals surface area contributed by atoms with E-state index in [1.54, 1.807) is 0 Å². The van der Waals surface area contributed by atoms with E-state index in [9.17, 15) is 0 Å². The molecule has 0 aliphatic carbocycles. The number of piperidine rings is 1. The molecule has 30 heavy (non-hydrogen) atoms. The van der Waals surface area contributed by atoms with Crippen LogP contribution in [0.5, 0.6) is 5.75 Å². The molecule has 0 spiro atoms. The van der Waals surface area contributed by atoms with E-state index in [1.165, 1.54) is 24.9 Å². The second-order valence-electron chi connectivity index (χ2n) is 7.75. The van der Waals surface area contributed by atoms with Crippen molar-refractivity contribution in [3.63, 3.8) is 0 Å². The van der Waals surface area contributed by atoms with Gasteiger partial charge >= 0.3 is 11.9 Å². The number of aliphatic carboxylic acids is 2. The molecule has 0 bridgehead atoms. The highest BCUT2D eigenvalue weighted by molar-refractivity contribution is 6.27. The number of rotatable bonds is 7. The van der Waals surface area contributed by atoms with Gasteiger partial charge in [0.05, 0.1) is 13.2 Å². The molecule has 1 saturated heterocycles. The van der Waals surface area contributed by atoms with Gasteiger partial charge in [0.15, 0.2) is 0 Å². The van der Waals surface area contributed by atoms with Gasteiger partial charge in [-0.05, 0) is 29.7 Å². The van der Waals surface area contributed by atoms with E-state index < -0.39 is 11.9 Å². The van der Waals surface area contributed by atoms with Crippen molar-refractivity contribution in [2.24, 2.45) is 11.8 Å². The Morgan fingerprint density at radius 3 is 2.23 bits per heavy atom. The molecule has 1 aliphatic heterocycles. The fourth-order valence-corrected chi connectivity index (χ4v) is 3.80. The van der Waals surface area contributed by atoms with Crippen LogP contribution in [0.15, 0.2) is 42.5 Å². The predicted octanol–water partition coefficient (Wildman–Crippen LogP) is 3.37. The zero-order valence-electron chi connectivity index (χ0n) is 17.6. The number of benzene rings is 2. The van der Waals surface area contributed by atoms with Crippen molar-refractivity contribution < 1.29 is 29.3 Å². The molecule has 164 valence electrons. The van der Waals surface area contributed by atoms with E-state index in [-0.39, 0.29) is 0 Å². The first kappa shape index (κ1) is 23.6. The topological polar surface area (TPSA) is 96.3 Å². The molecule has 7 heteroatoms. The van der Waals surface area contributed by atoms with Crippen LogP contribution >= 0.6 is 0 Å². The van der Waals surface area contributed by atoms with E-state index in [0.29, 0.717) is 13.2 Å². The van der Waals surface area contributed by atoms with Gasteiger partial charge in [-0.1, -0.05) is 50.2 Å². The number of nitrogens with zero attached hydrogens (tertiary/aromatic N) is 1. The number of ether oxygens (including phenoxy) is 2. The first-order valence-electron chi connectivity index (χ1n) is 10.2.